The molecule has 0 aliphatic heterocycles. The second-order valence-electron chi connectivity index (χ2n) is 5.04. The molecule has 2 unspecified atom stereocenters. The molecular formula is C12H24N2O4. The second-order valence-corrected chi connectivity index (χ2v) is 5.04. The molecule has 106 valence electrons. The van der Waals surface area contributed by atoms with Crippen molar-refractivity contribution in [2.24, 2.45) is 11.7 Å². The van der Waals surface area contributed by atoms with Crippen LogP contribution in [0.25, 0.3) is 0 Å². The van der Waals surface area contributed by atoms with Gasteiger partial charge in [-0.25, -0.2) is 4.79 Å². The van der Waals surface area contributed by atoms with Crippen LogP contribution in [0.15, 0.2) is 0 Å². The summed E-state index contributed by atoms with van der Waals surface area (Å²) in [6.07, 6.45) is 0.544. The molecule has 0 heterocycles. The Morgan fingerprint density at radius 1 is 1.44 bits per heavy atom. The van der Waals surface area contributed by atoms with E-state index in [1.807, 2.05) is 13.8 Å². The maximum absolute atomic E-state index is 11.5. The van der Waals surface area contributed by atoms with E-state index < -0.39 is 23.5 Å². The Kier molecular flexibility index (Phi) is 6.86. The van der Waals surface area contributed by atoms with Crippen molar-refractivity contribution in [1.82, 2.24) is 5.32 Å². The summed E-state index contributed by atoms with van der Waals surface area (Å²) in [5.41, 5.74) is 4.39. The number of ether oxygens (including phenoxy) is 1. The van der Waals surface area contributed by atoms with E-state index in [1.54, 1.807) is 13.8 Å². The standard InChI is InChI=1S/C12H24N2O4/c1-5-18-11(16)9(13)10(15)14-7-12(4,17)6-8(2)3/h8-9,17H,5-7,13H2,1-4H3,(H,14,15). The first kappa shape index (κ1) is 16.9. The van der Waals surface area contributed by atoms with Crippen molar-refractivity contribution in [3.63, 3.8) is 0 Å². The smallest absolute Gasteiger partial charge is 0.332 e. The van der Waals surface area contributed by atoms with Gasteiger partial charge in [-0.2, -0.15) is 0 Å². The van der Waals surface area contributed by atoms with E-state index in [9.17, 15) is 14.7 Å². The average Bonchev–Trinajstić information content (AvgIpc) is 2.23. The van der Waals surface area contributed by atoms with Crippen molar-refractivity contribution >= 4 is 11.9 Å². The lowest BCUT2D eigenvalue weighted by Gasteiger charge is -2.26. The number of nitrogens with one attached hydrogen (secondary N) is 1. The van der Waals surface area contributed by atoms with Crippen LogP contribution in [0.3, 0.4) is 0 Å². The third-order valence-corrected chi connectivity index (χ3v) is 2.31. The van der Waals surface area contributed by atoms with Gasteiger partial charge in [0.1, 0.15) is 0 Å². The zero-order valence-electron chi connectivity index (χ0n) is 11.5. The number of rotatable bonds is 7. The van der Waals surface area contributed by atoms with Gasteiger partial charge in [0.05, 0.1) is 12.2 Å². The van der Waals surface area contributed by atoms with Gasteiger partial charge in [-0.3, -0.25) is 4.79 Å². The van der Waals surface area contributed by atoms with Gasteiger partial charge >= 0.3 is 5.97 Å². The summed E-state index contributed by atoms with van der Waals surface area (Å²) in [5.74, 6) is -1.10. The van der Waals surface area contributed by atoms with Gasteiger partial charge in [0.2, 0.25) is 5.91 Å². The molecule has 0 aromatic rings. The molecule has 1 amide bonds. The number of esters is 1. The van der Waals surface area contributed by atoms with Crippen LogP contribution in [0.1, 0.15) is 34.1 Å². The number of amides is 1. The molecule has 0 rings (SSSR count). The fourth-order valence-corrected chi connectivity index (χ4v) is 1.68. The highest BCUT2D eigenvalue weighted by molar-refractivity contribution is 6.01. The van der Waals surface area contributed by atoms with Crippen molar-refractivity contribution in [3.8, 4) is 0 Å². The molecule has 4 N–H and O–H groups in total. The Balaban J connectivity index is 4.21. The molecule has 0 saturated carbocycles. The van der Waals surface area contributed by atoms with E-state index in [0.717, 1.165) is 0 Å². The Hall–Kier alpha value is -1.14. The van der Waals surface area contributed by atoms with E-state index in [2.05, 4.69) is 10.1 Å². The number of aliphatic hydroxyl groups is 1. The van der Waals surface area contributed by atoms with Gasteiger partial charge in [-0.05, 0) is 26.2 Å². The highest BCUT2D eigenvalue weighted by Crippen LogP contribution is 2.14. The lowest BCUT2D eigenvalue weighted by Crippen LogP contribution is -2.51. The van der Waals surface area contributed by atoms with E-state index in [0.29, 0.717) is 12.3 Å². The average molecular weight is 260 g/mol. The number of hydrogen-bond donors (Lipinski definition) is 3. The second kappa shape index (κ2) is 7.33. The van der Waals surface area contributed by atoms with Crippen LogP contribution in [0.2, 0.25) is 0 Å². The maximum Gasteiger partial charge on any atom is 0.332 e. The van der Waals surface area contributed by atoms with E-state index in [1.165, 1.54) is 0 Å². The minimum absolute atomic E-state index is 0.0527. The molecule has 18 heavy (non-hydrogen) atoms. The van der Waals surface area contributed by atoms with Gasteiger partial charge in [0.25, 0.3) is 0 Å². The van der Waals surface area contributed by atoms with Crippen LogP contribution in [-0.2, 0) is 14.3 Å². The first-order valence-electron chi connectivity index (χ1n) is 6.12. The molecule has 0 aliphatic rings. The molecular weight excluding hydrogens is 236 g/mol. The number of carbonyl (C=O) groups excluding carboxylic acids is 2. The number of hydrogen-bond acceptors (Lipinski definition) is 5. The predicted octanol–water partition coefficient (Wildman–Crippen LogP) is -0.210. The third kappa shape index (κ3) is 6.56. The van der Waals surface area contributed by atoms with Crippen LogP contribution in [0.4, 0.5) is 0 Å². The van der Waals surface area contributed by atoms with Gasteiger partial charge in [0, 0.05) is 6.54 Å². The summed E-state index contributed by atoms with van der Waals surface area (Å²) in [4.78, 5) is 22.8. The SMILES string of the molecule is CCOC(=O)C(N)C(=O)NCC(C)(O)CC(C)C. The molecule has 0 bridgehead atoms. The van der Waals surface area contributed by atoms with Crippen molar-refractivity contribution in [3.05, 3.63) is 0 Å². The third-order valence-electron chi connectivity index (χ3n) is 2.31. The van der Waals surface area contributed by atoms with Gasteiger partial charge < -0.3 is 20.9 Å². The first-order chi connectivity index (χ1) is 8.19. The predicted molar refractivity (Wildman–Crippen MR) is 67.7 cm³/mol. The van der Waals surface area contributed by atoms with Crippen molar-refractivity contribution in [2.75, 3.05) is 13.2 Å². The van der Waals surface area contributed by atoms with Gasteiger partial charge in [-0.15, -0.1) is 0 Å². The van der Waals surface area contributed by atoms with Gasteiger partial charge in [0.15, 0.2) is 6.04 Å². The molecule has 0 aromatic heterocycles. The van der Waals surface area contributed by atoms with Crippen LogP contribution in [0.5, 0.6) is 0 Å². The lowest BCUT2D eigenvalue weighted by atomic mass is 9.94. The van der Waals surface area contributed by atoms with E-state index in [4.69, 9.17) is 5.73 Å². The molecule has 6 heteroatoms. The summed E-state index contributed by atoms with van der Waals surface area (Å²) >= 11 is 0. The molecule has 0 spiro atoms. The maximum atomic E-state index is 11.5. The summed E-state index contributed by atoms with van der Waals surface area (Å²) < 4.78 is 4.63. The van der Waals surface area contributed by atoms with Crippen LogP contribution in [0, 0.1) is 5.92 Å². The molecule has 6 nitrogen and oxygen atoms in total. The zero-order valence-corrected chi connectivity index (χ0v) is 11.5. The molecule has 0 saturated heterocycles. The van der Waals surface area contributed by atoms with Crippen molar-refractivity contribution < 1.29 is 19.4 Å². The molecule has 0 aromatic carbocycles. The molecule has 2 atom stereocenters. The monoisotopic (exact) mass is 260 g/mol. The summed E-state index contributed by atoms with van der Waals surface area (Å²) in [5, 5.41) is 12.4. The fraction of sp³-hybridized carbons (Fsp3) is 0.833. The summed E-state index contributed by atoms with van der Waals surface area (Å²) in [6, 6.07) is -1.35. The summed E-state index contributed by atoms with van der Waals surface area (Å²) in [7, 11) is 0. The molecule has 0 fully saturated rings. The van der Waals surface area contributed by atoms with Crippen molar-refractivity contribution in [1.29, 1.82) is 0 Å². The number of carbonyl (C=O) groups is 2. The Labute approximate surface area is 108 Å². The summed E-state index contributed by atoms with van der Waals surface area (Å²) in [6.45, 7) is 7.43. The topological polar surface area (TPSA) is 102 Å². The minimum atomic E-state index is -1.35. The highest BCUT2D eigenvalue weighted by Gasteiger charge is 2.27. The minimum Gasteiger partial charge on any atom is -0.464 e. The van der Waals surface area contributed by atoms with Gasteiger partial charge in [-0.1, -0.05) is 13.8 Å². The van der Waals surface area contributed by atoms with Crippen molar-refractivity contribution in [2.45, 2.75) is 45.8 Å². The largest absolute Gasteiger partial charge is 0.464 e. The fourth-order valence-electron chi connectivity index (χ4n) is 1.68. The molecule has 0 aliphatic carbocycles. The van der Waals surface area contributed by atoms with Crippen LogP contribution >= 0.6 is 0 Å². The normalized spacial score (nSPS) is 15.9. The Morgan fingerprint density at radius 3 is 2.44 bits per heavy atom. The number of nitrogens with two attached hydrogens (primary N) is 1. The Bertz CT molecular complexity index is 290. The van der Waals surface area contributed by atoms with E-state index >= 15 is 0 Å². The quantitative estimate of drug-likeness (QED) is 0.434. The van der Waals surface area contributed by atoms with Crippen LogP contribution in [-0.4, -0.2) is 41.8 Å². The van der Waals surface area contributed by atoms with E-state index in [-0.39, 0.29) is 13.2 Å². The highest BCUT2D eigenvalue weighted by atomic mass is 16.5. The Morgan fingerprint density at radius 2 is 2.00 bits per heavy atom. The van der Waals surface area contributed by atoms with Crippen LogP contribution < -0.4 is 11.1 Å². The lowest BCUT2D eigenvalue weighted by molar-refractivity contribution is -0.148. The first-order valence-corrected chi connectivity index (χ1v) is 6.12. The molecule has 0 radical (unpaired) electrons. The zero-order chi connectivity index (χ0) is 14.3.